The molecule has 2 rings (SSSR count). The maximum absolute atomic E-state index is 12.0. The monoisotopic (exact) mass is 426 g/mol. The molecule has 2 unspecified atom stereocenters. The summed E-state index contributed by atoms with van der Waals surface area (Å²) in [5.74, 6) is 1.17. The van der Waals surface area contributed by atoms with E-state index in [-0.39, 0.29) is 11.7 Å². The summed E-state index contributed by atoms with van der Waals surface area (Å²) in [7, 11) is 5.50. The molecule has 158 valence electrons. The first-order chi connectivity index (χ1) is 13.7. The first-order valence-corrected chi connectivity index (χ1v) is 12.7. The molecule has 0 amide bonds. The number of anilines is 1. The number of unbranched alkanes of at least 4 members (excludes halogenated alkanes) is 3. The molecule has 1 aliphatic heterocycles. The second kappa shape index (κ2) is 14.0. The largest absolute Gasteiger partial charge is 0.506 e. The first-order valence-electron chi connectivity index (χ1n) is 10.3. The van der Waals surface area contributed by atoms with Crippen LogP contribution in [0.4, 0.5) is 5.69 Å². The highest BCUT2D eigenvalue weighted by Crippen LogP contribution is 2.39. The predicted octanol–water partition coefficient (Wildman–Crippen LogP) is 4.82. The standard InChI is InChI=1S/C21H34N2O3S2/c1-26-21(25)19(23-18-10-4-5-12-20(18)24)11-6-8-15-22-14-7-2-3-9-17-13-16-27-28-17/h4-5,10,12,17,19,22-24H,2-3,6-9,11,13-16H2,1H3. The fourth-order valence-corrected chi connectivity index (χ4v) is 6.29. The highest BCUT2D eigenvalue weighted by Gasteiger charge is 2.19. The molecule has 5 nitrogen and oxygen atoms in total. The molecule has 0 aliphatic carbocycles. The number of carbonyl (C=O) groups is 1. The van der Waals surface area contributed by atoms with Crippen molar-refractivity contribution in [2.75, 3.05) is 31.3 Å². The number of phenolic OH excluding ortho intramolecular Hbond substituents is 1. The van der Waals surface area contributed by atoms with Crippen LogP contribution in [0.2, 0.25) is 0 Å². The minimum Gasteiger partial charge on any atom is -0.506 e. The number of hydrogen-bond donors (Lipinski definition) is 3. The van der Waals surface area contributed by atoms with Gasteiger partial charge in [0.1, 0.15) is 11.8 Å². The third-order valence-electron chi connectivity index (χ3n) is 4.92. The van der Waals surface area contributed by atoms with Crippen LogP contribution in [0.25, 0.3) is 0 Å². The fourth-order valence-electron chi connectivity index (χ4n) is 3.26. The van der Waals surface area contributed by atoms with Crippen LogP contribution in [0.15, 0.2) is 24.3 Å². The Morgan fingerprint density at radius 2 is 2.00 bits per heavy atom. The number of phenols is 1. The van der Waals surface area contributed by atoms with Crippen molar-refractivity contribution in [1.29, 1.82) is 0 Å². The van der Waals surface area contributed by atoms with Gasteiger partial charge < -0.3 is 20.5 Å². The maximum atomic E-state index is 12.0. The molecule has 0 bridgehead atoms. The zero-order valence-electron chi connectivity index (χ0n) is 16.8. The van der Waals surface area contributed by atoms with E-state index in [1.54, 1.807) is 18.2 Å². The lowest BCUT2D eigenvalue weighted by atomic mass is 10.1. The number of rotatable bonds is 14. The lowest BCUT2D eigenvalue weighted by molar-refractivity contribution is -0.141. The van der Waals surface area contributed by atoms with Gasteiger partial charge in [0.25, 0.3) is 0 Å². The highest BCUT2D eigenvalue weighted by molar-refractivity contribution is 8.77. The van der Waals surface area contributed by atoms with Crippen molar-refractivity contribution < 1.29 is 14.6 Å². The Morgan fingerprint density at radius 3 is 2.71 bits per heavy atom. The number of esters is 1. The third-order valence-corrected chi connectivity index (χ3v) is 7.93. The molecule has 2 atom stereocenters. The van der Waals surface area contributed by atoms with Crippen LogP contribution in [0.5, 0.6) is 5.75 Å². The van der Waals surface area contributed by atoms with E-state index in [0.29, 0.717) is 12.1 Å². The second-order valence-electron chi connectivity index (χ2n) is 7.16. The van der Waals surface area contributed by atoms with Crippen molar-refractivity contribution in [1.82, 2.24) is 5.32 Å². The summed E-state index contributed by atoms with van der Waals surface area (Å²) < 4.78 is 4.89. The van der Waals surface area contributed by atoms with Gasteiger partial charge in [0.05, 0.1) is 12.8 Å². The number of carbonyl (C=O) groups excluding carboxylic acids is 1. The van der Waals surface area contributed by atoms with Crippen molar-refractivity contribution in [3.63, 3.8) is 0 Å². The van der Waals surface area contributed by atoms with E-state index in [9.17, 15) is 9.90 Å². The average molecular weight is 427 g/mol. The number of methoxy groups -OCH3 is 1. The van der Waals surface area contributed by atoms with Gasteiger partial charge in [0.2, 0.25) is 0 Å². The molecule has 0 saturated carbocycles. The summed E-state index contributed by atoms with van der Waals surface area (Å²) in [6.45, 7) is 2.04. The molecular formula is C21H34N2O3S2. The summed E-state index contributed by atoms with van der Waals surface area (Å²) in [5, 5.41) is 17.4. The van der Waals surface area contributed by atoms with E-state index in [2.05, 4.69) is 21.4 Å². The van der Waals surface area contributed by atoms with Crippen LogP contribution in [0.3, 0.4) is 0 Å². The molecule has 7 heteroatoms. The number of benzene rings is 1. The molecule has 1 fully saturated rings. The van der Waals surface area contributed by atoms with Crippen LogP contribution in [-0.4, -0.2) is 48.3 Å². The smallest absolute Gasteiger partial charge is 0.328 e. The SMILES string of the molecule is COC(=O)C(CCCCNCCCCCC1CCSS1)Nc1ccccc1O. The quantitative estimate of drug-likeness (QED) is 0.170. The number of para-hydroxylation sites is 2. The summed E-state index contributed by atoms with van der Waals surface area (Å²) in [5.41, 5.74) is 0.561. The molecule has 1 saturated heterocycles. The minimum absolute atomic E-state index is 0.142. The number of nitrogens with one attached hydrogen (secondary N) is 2. The van der Waals surface area contributed by atoms with Gasteiger partial charge in [-0.05, 0) is 63.7 Å². The highest BCUT2D eigenvalue weighted by atomic mass is 33.1. The summed E-state index contributed by atoms with van der Waals surface area (Å²) in [6.07, 6.45) is 9.28. The molecule has 1 heterocycles. The number of aromatic hydroxyl groups is 1. The first kappa shape index (κ1) is 23.2. The van der Waals surface area contributed by atoms with E-state index in [4.69, 9.17) is 4.74 Å². The summed E-state index contributed by atoms with van der Waals surface area (Å²) in [6, 6.07) is 6.51. The van der Waals surface area contributed by atoms with Gasteiger partial charge in [-0.3, -0.25) is 0 Å². The average Bonchev–Trinajstić information content (AvgIpc) is 3.22. The minimum atomic E-state index is -0.440. The van der Waals surface area contributed by atoms with Crippen LogP contribution in [0, 0.1) is 0 Å². The number of hydrogen-bond acceptors (Lipinski definition) is 7. The van der Waals surface area contributed by atoms with Gasteiger partial charge in [0, 0.05) is 11.0 Å². The van der Waals surface area contributed by atoms with Crippen molar-refractivity contribution >= 4 is 33.2 Å². The molecule has 3 N–H and O–H groups in total. The van der Waals surface area contributed by atoms with Crippen LogP contribution >= 0.6 is 21.6 Å². The molecule has 0 aromatic heterocycles. The maximum Gasteiger partial charge on any atom is 0.328 e. The topological polar surface area (TPSA) is 70.6 Å². The van der Waals surface area contributed by atoms with Crippen molar-refractivity contribution in [3.8, 4) is 5.75 Å². The van der Waals surface area contributed by atoms with Crippen LogP contribution < -0.4 is 10.6 Å². The lowest BCUT2D eigenvalue weighted by Crippen LogP contribution is -2.31. The van der Waals surface area contributed by atoms with Gasteiger partial charge in [-0.25, -0.2) is 4.79 Å². The molecule has 1 aromatic rings. The Hall–Kier alpha value is -1.05. The predicted molar refractivity (Wildman–Crippen MR) is 121 cm³/mol. The van der Waals surface area contributed by atoms with Gasteiger partial charge in [-0.15, -0.1) is 0 Å². The normalized spacial score (nSPS) is 17.4. The van der Waals surface area contributed by atoms with Crippen LogP contribution in [-0.2, 0) is 9.53 Å². The Bertz CT molecular complexity index is 568. The Morgan fingerprint density at radius 1 is 1.21 bits per heavy atom. The van der Waals surface area contributed by atoms with E-state index < -0.39 is 6.04 Å². The van der Waals surface area contributed by atoms with E-state index in [1.807, 2.05) is 16.9 Å². The summed E-state index contributed by atoms with van der Waals surface area (Å²) >= 11 is 0. The van der Waals surface area contributed by atoms with E-state index in [1.165, 1.54) is 45.0 Å². The lowest BCUT2D eigenvalue weighted by Gasteiger charge is -2.18. The Kier molecular flexibility index (Phi) is 11.6. The van der Waals surface area contributed by atoms with Gasteiger partial charge >= 0.3 is 5.97 Å². The van der Waals surface area contributed by atoms with Gasteiger partial charge in [-0.2, -0.15) is 0 Å². The third kappa shape index (κ3) is 8.97. The molecule has 0 radical (unpaired) electrons. The van der Waals surface area contributed by atoms with E-state index in [0.717, 1.165) is 31.2 Å². The van der Waals surface area contributed by atoms with Crippen molar-refractivity contribution in [2.24, 2.45) is 0 Å². The Labute approximate surface area is 177 Å². The zero-order chi connectivity index (χ0) is 20.0. The van der Waals surface area contributed by atoms with Gasteiger partial charge in [0.15, 0.2) is 0 Å². The zero-order valence-corrected chi connectivity index (χ0v) is 18.5. The van der Waals surface area contributed by atoms with Crippen molar-refractivity contribution in [2.45, 2.75) is 62.7 Å². The fraction of sp³-hybridized carbons (Fsp3) is 0.667. The molecule has 1 aliphatic rings. The second-order valence-corrected chi connectivity index (χ2v) is 9.95. The molecule has 0 spiro atoms. The number of ether oxygens (including phenoxy) is 1. The molecule has 1 aromatic carbocycles. The van der Waals surface area contributed by atoms with Crippen LogP contribution in [0.1, 0.15) is 51.4 Å². The Balaban J connectivity index is 1.52. The molecule has 28 heavy (non-hydrogen) atoms. The van der Waals surface area contributed by atoms with Gasteiger partial charge in [-0.1, -0.05) is 46.6 Å². The molecular weight excluding hydrogens is 392 g/mol. The van der Waals surface area contributed by atoms with E-state index >= 15 is 0 Å². The van der Waals surface area contributed by atoms with Crippen molar-refractivity contribution in [3.05, 3.63) is 24.3 Å². The summed E-state index contributed by atoms with van der Waals surface area (Å²) in [4.78, 5) is 12.0.